The summed E-state index contributed by atoms with van der Waals surface area (Å²) in [6.07, 6.45) is 7.39. The van der Waals surface area contributed by atoms with Gasteiger partial charge in [-0.2, -0.15) is 0 Å². The molecule has 174 valence electrons. The molecule has 0 saturated heterocycles. The lowest BCUT2D eigenvalue weighted by atomic mass is 10.0. The van der Waals surface area contributed by atoms with Crippen LogP contribution in [0.4, 0.5) is 0 Å². The second kappa shape index (κ2) is 10.3. The van der Waals surface area contributed by atoms with Crippen LogP contribution in [0.2, 0.25) is 0 Å². The summed E-state index contributed by atoms with van der Waals surface area (Å²) in [6, 6.07) is 15.1. The first kappa shape index (κ1) is 23.2. The molecule has 0 bridgehead atoms. The summed E-state index contributed by atoms with van der Waals surface area (Å²) in [4.78, 5) is 33.8. The fourth-order valence-corrected chi connectivity index (χ4v) is 5.27. The number of carbonyl (C=O) groups is 1. The van der Waals surface area contributed by atoms with Crippen LogP contribution in [0.25, 0.3) is 16.6 Å². The zero-order valence-corrected chi connectivity index (χ0v) is 20.1. The Labute approximate surface area is 196 Å². The number of amides is 1. The van der Waals surface area contributed by atoms with E-state index in [1.54, 1.807) is 4.57 Å². The van der Waals surface area contributed by atoms with Crippen molar-refractivity contribution in [3.63, 3.8) is 0 Å². The van der Waals surface area contributed by atoms with Gasteiger partial charge in [0.1, 0.15) is 5.82 Å². The van der Waals surface area contributed by atoms with Crippen LogP contribution in [0, 0.1) is 5.92 Å². The average Bonchev–Trinajstić information content (AvgIpc) is 3.37. The van der Waals surface area contributed by atoms with E-state index in [9.17, 15) is 9.59 Å². The number of hydrogen-bond acceptors (Lipinski definition) is 3. The summed E-state index contributed by atoms with van der Waals surface area (Å²) in [5.41, 5.74) is 2.52. The fourth-order valence-electron chi connectivity index (χ4n) is 5.27. The first-order valence-corrected chi connectivity index (χ1v) is 12.4. The normalized spacial score (nSPS) is 15.1. The largest absolute Gasteiger partial charge is 0.333 e. The lowest BCUT2D eigenvalue weighted by Gasteiger charge is -2.30. The monoisotopic (exact) mass is 445 g/mol. The lowest BCUT2D eigenvalue weighted by Crippen LogP contribution is -2.37. The Morgan fingerprint density at radius 3 is 2.52 bits per heavy atom. The molecule has 4 rings (SSSR count). The molecule has 1 aliphatic carbocycles. The highest BCUT2D eigenvalue weighted by molar-refractivity contribution is 5.79. The summed E-state index contributed by atoms with van der Waals surface area (Å²) >= 11 is 0. The molecule has 1 aromatic heterocycles. The number of fused-ring (bicyclic) bond motifs is 1. The summed E-state index contributed by atoms with van der Waals surface area (Å²) in [7, 11) is 0. The van der Waals surface area contributed by atoms with Crippen molar-refractivity contribution in [3.05, 3.63) is 70.3 Å². The van der Waals surface area contributed by atoms with E-state index in [1.165, 1.54) is 25.7 Å². The zero-order chi connectivity index (χ0) is 23.4. The Balaban J connectivity index is 1.77. The molecule has 0 aliphatic heterocycles. The quantitative estimate of drug-likeness (QED) is 0.438. The van der Waals surface area contributed by atoms with Crippen molar-refractivity contribution >= 4 is 16.8 Å². The lowest BCUT2D eigenvalue weighted by molar-refractivity contribution is -0.133. The van der Waals surface area contributed by atoms with Crippen molar-refractivity contribution in [1.82, 2.24) is 14.5 Å². The molecule has 1 aliphatic rings. The van der Waals surface area contributed by atoms with Gasteiger partial charge >= 0.3 is 0 Å². The highest BCUT2D eigenvalue weighted by Gasteiger charge is 2.27. The second-order valence-electron chi connectivity index (χ2n) is 9.15. The minimum atomic E-state index is -0.312. The molecule has 1 saturated carbocycles. The molecule has 1 unspecified atom stereocenters. The standard InChI is InChI=1S/C28H35N3O2/c1-4-22-14-8-11-17-25(22)31-27(29-24-16-10-9-15-23(24)28(31)33)20(3)30(5-2)26(32)19-18-21-12-6-7-13-21/h8-11,14-17,20-21H,4-7,12-13,18-19H2,1-3H3. The smallest absolute Gasteiger partial charge is 0.266 e. The number of rotatable bonds is 8. The van der Waals surface area contributed by atoms with E-state index in [4.69, 9.17) is 4.98 Å². The van der Waals surface area contributed by atoms with Gasteiger partial charge in [-0.25, -0.2) is 4.98 Å². The number of aryl methyl sites for hydroxylation is 1. The van der Waals surface area contributed by atoms with Gasteiger partial charge < -0.3 is 4.90 Å². The summed E-state index contributed by atoms with van der Waals surface area (Å²) in [6.45, 7) is 6.68. The molecular formula is C28H35N3O2. The van der Waals surface area contributed by atoms with Crippen molar-refractivity contribution in [2.45, 2.75) is 71.8 Å². The van der Waals surface area contributed by atoms with Crippen molar-refractivity contribution in [2.24, 2.45) is 5.92 Å². The SMILES string of the molecule is CCc1ccccc1-n1c(C(C)N(CC)C(=O)CCC2CCCC2)nc2ccccc2c1=O. The van der Waals surface area contributed by atoms with Crippen LogP contribution in [0.5, 0.6) is 0 Å². The molecule has 1 heterocycles. The third-order valence-electron chi connectivity index (χ3n) is 7.16. The summed E-state index contributed by atoms with van der Waals surface area (Å²) < 4.78 is 1.73. The molecular weight excluding hydrogens is 410 g/mol. The maximum absolute atomic E-state index is 13.7. The molecule has 0 N–H and O–H groups in total. The average molecular weight is 446 g/mol. The molecule has 33 heavy (non-hydrogen) atoms. The molecule has 5 heteroatoms. The van der Waals surface area contributed by atoms with Gasteiger partial charge in [0.15, 0.2) is 0 Å². The molecule has 1 amide bonds. The van der Waals surface area contributed by atoms with E-state index in [0.29, 0.717) is 35.6 Å². The first-order valence-electron chi connectivity index (χ1n) is 12.4. The van der Waals surface area contributed by atoms with Gasteiger partial charge in [0.05, 0.1) is 22.6 Å². The fraction of sp³-hybridized carbons (Fsp3) is 0.464. The first-order chi connectivity index (χ1) is 16.0. The minimum absolute atomic E-state index is 0.0854. The predicted octanol–water partition coefficient (Wildman–Crippen LogP) is 5.83. The predicted molar refractivity (Wildman–Crippen MR) is 134 cm³/mol. The molecule has 3 aromatic rings. The zero-order valence-electron chi connectivity index (χ0n) is 20.1. The van der Waals surface area contributed by atoms with E-state index < -0.39 is 0 Å². The minimum Gasteiger partial charge on any atom is -0.333 e. The molecule has 2 aromatic carbocycles. The Kier molecular flexibility index (Phi) is 7.26. The highest BCUT2D eigenvalue weighted by atomic mass is 16.2. The van der Waals surface area contributed by atoms with Gasteiger partial charge in [0.2, 0.25) is 5.91 Å². The molecule has 5 nitrogen and oxygen atoms in total. The van der Waals surface area contributed by atoms with Gasteiger partial charge in [0.25, 0.3) is 5.56 Å². The van der Waals surface area contributed by atoms with Gasteiger partial charge in [-0.1, -0.05) is 62.9 Å². The van der Waals surface area contributed by atoms with Crippen molar-refractivity contribution in [3.8, 4) is 5.69 Å². The molecule has 0 radical (unpaired) electrons. The van der Waals surface area contributed by atoms with Crippen LogP contribution in [0.1, 0.15) is 76.7 Å². The molecule has 1 atom stereocenters. The summed E-state index contributed by atoms with van der Waals surface area (Å²) in [5.74, 6) is 1.45. The van der Waals surface area contributed by atoms with Crippen LogP contribution >= 0.6 is 0 Å². The van der Waals surface area contributed by atoms with Crippen molar-refractivity contribution in [1.29, 1.82) is 0 Å². The second-order valence-corrected chi connectivity index (χ2v) is 9.15. The van der Waals surface area contributed by atoms with Gasteiger partial charge in [0, 0.05) is 13.0 Å². The third-order valence-corrected chi connectivity index (χ3v) is 7.16. The van der Waals surface area contributed by atoms with E-state index >= 15 is 0 Å². The van der Waals surface area contributed by atoms with Crippen LogP contribution in [-0.2, 0) is 11.2 Å². The van der Waals surface area contributed by atoms with E-state index in [0.717, 1.165) is 24.1 Å². The maximum atomic E-state index is 13.7. The van der Waals surface area contributed by atoms with E-state index in [-0.39, 0.29) is 17.5 Å². The summed E-state index contributed by atoms with van der Waals surface area (Å²) in [5, 5.41) is 0.593. The maximum Gasteiger partial charge on any atom is 0.266 e. The molecule has 0 spiro atoms. The van der Waals surface area contributed by atoms with Gasteiger partial charge in [-0.3, -0.25) is 14.2 Å². The van der Waals surface area contributed by atoms with Crippen LogP contribution in [0.3, 0.4) is 0 Å². The number of carbonyl (C=O) groups excluding carboxylic acids is 1. The van der Waals surface area contributed by atoms with Gasteiger partial charge in [-0.05, 0) is 56.4 Å². The number of para-hydroxylation sites is 2. The number of nitrogens with zero attached hydrogens (tertiary/aromatic N) is 3. The highest BCUT2D eigenvalue weighted by Crippen LogP contribution is 2.30. The Hall–Kier alpha value is -2.95. The van der Waals surface area contributed by atoms with E-state index in [2.05, 4.69) is 13.0 Å². The van der Waals surface area contributed by atoms with Gasteiger partial charge in [-0.15, -0.1) is 0 Å². The number of aromatic nitrogens is 2. The van der Waals surface area contributed by atoms with Crippen LogP contribution in [0.15, 0.2) is 53.3 Å². The number of hydrogen-bond donors (Lipinski definition) is 0. The Bertz CT molecular complexity index is 1180. The van der Waals surface area contributed by atoms with E-state index in [1.807, 2.05) is 61.2 Å². The topological polar surface area (TPSA) is 55.2 Å². The third kappa shape index (κ3) is 4.73. The van der Waals surface area contributed by atoms with Crippen molar-refractivity contribution < 1.29 is 4.79 Å². The van der Waals surface area contributed by atoms with Crippen LogP contribution < -0.4 is 5.56 Å². The van der Waals surface area contributed by atoms with Crippen LogP contribution in [-0.4, -0.2) is 26.9 Å². The Morgan fingerprint density at radius 2 is 1.79 bits per heavy atom. The Morgan fingerprint density at radius 1 is 1.09 bits per heavy atom. The number of benzene rings is 2. The van der Waals surface area contributed by atoms with Crippen molar-refractivity contribution in [2.75, 3.05) is 6.54 Å². The molecule has 1 fully saturated rings.